The first-order valence-corrected chi connectivity index (χ1v) is 5.96. The van der Waals surface area contributed by atoms with Crippen LogP contribution in [-0.2, 0) is 0 Å². The molecule has 0 aliphatic heterocycles. The third-order valence-electron chi connectivity index (χ3n) is 3.17. The second-order valence-corrected chi connectivity index (χ2v) is 4.29. The topological polar surface area (TPSA) is 68.9 Å². The molecule has 0 aliphatic carbocycles. The molecule has 1 N–H and O–H groups in total. The average molecular weight is 272 g/mol. The Kier molecular flexibility index (Phi) is 2.75. The van der Waals surface area contributed by atoms with Crippen LogP contribution in [0.4, 0.5) is 0 Å². The molecule has 1 aromatic heterocycles. The summed E-state index contributed by atoms with van der Waals surface area (Å²) in [4.78, 5) is 12.4. The highest BCUT2D eigenvalue weighted by atomic mass is 16.5. The summed E-state index contributed by atoms with van der Waals surface area (Å²) in [7, 11) is 2.98. The summed E-state index contributed by atoms with van der Waals surface area (Å²) in [6.45, 7) is 0. The van der Waals surface area contributed by atoms with Crippen LogP contribution in [0.3, 0.4) is 0 Å². The Hall–Kier alpha value is -2.69. The fourth-order valence-electron chi connectivity index (χ4n) is 2.22. The van der Waals surface area contributed by atoms with Gasteiger partial charge in [0.25, 0.3) is 0 Å². The molecule has 0 bridgehead atoms. The maximum absolute atomic E-state index is 12.4. The number of rotatable bonds is 2. The van der Waals surface area contributed by atoms with Crippen LogP contribution in [0.25, 0.3) is 21.9 Å². The number of benzene rings is 2. The van der Waals surface area contributed by atoms with Gasteiger partial charge >= 0.3 is 0 Å². The summed E-state index contributed by atoms with van der Waals surface area (Å²) >= 11 is 0. The Morgan fingerprint density at radius 2 is 1.80 bits per heavy atom. The van der Waals surface area contributed by atoms with Gasteiger partial charge in [-0.1, -0.05) is 0 Å². The highest BCUT2D eigenvalue weighted by Crippen LogP contribution is 2.35. The zero-order valence-electron chi connectivity index (χ0n) is 11.0. The Labute approximate surface area is 114 Å². The van der Waals surface area contributed by atoms with Gasteiger partial charge in [-0.25, -0.2) is 0 Å². The first-order valence-electron chi connectivity index (χ1n) is 5.96. The van der Waals surface area contributed by atoms with E-state index in [1.807, 2.05) is 0 Å². The number of phenols is 1. The van der Waals surface area contributed by atoms with Gasteiger partial charge in [0.15, 0.2) is 11.3 Å². The molecule has 0 fully saturated rings. The molecule has 1 heterocycles. The summed E-state index contributed by atoms with van der Waals surface area (Å²) < 4.78 is 16.2. The second kappa shape index (κ2) is 4.45. The van der Waals surface area contributed by atoms with Crippen LogP contribution >= 0.6 is 0 Å². The molecule has 20 heavy (non-hydrogen) atoms. The third kappa shape index (κ3) is 1.67. The summed E-state index contributed by atoms with van der Waals surface area (Å²) in [5.74, 6) is 0.858. The van der Waals surface area contributed by atoms with E-state index in [4.69, 9.17) is 13.9 Å². The molecule has 3 aromatic rings. The molecule has 0 saturated carbocycles. The monoisotopic (exact) mass is 272 g/mol. The van der Waals surface area contributed by atoms with Crippen molar-refractivity contribution in [2.75, 3.05) is 14.2 Å². The van der Waals surface area contributed by atoms with E-state index >= 15 is 0 Å². The number of aromatic hydroxyl groups is 1. The number of hydrogen-bond donors (Lipinski definition) is 1. The quantitative estimate of drug-likeness (QED) is 0.726. The van der Waals surface area contributed by atoms with Crippen LogP contribution in [0.1, 0.15) is 0 Å². The number of phenolic OH excluding ortho intramolecular Hbond substituents is 1. The molecule has 0 radical (unpaired) electrons. The molecular formula is C15H12O5. The van der Waals surface area contributed by atoms with Crippen molar-refractivity contribution in [2.45, 2.75) is 0 Å². The normalized spacial score (nSPS) is 10.9. The van der Waals surface area contributed by atoms with Gasteiger partial charge in [-0.15, -0.1) is 0 Å². The van der Waals surface area contributed by atoms with Gasteiger partial charge in [0, 0.05) is 6.07 Å². The second-order valence-electron chi connectivity index (χ2n) is 4.29. The minimum absolute atomic E-state index is 0.0295. The fourth-order valence-corrected chi connectivity index (χ4v) is 2.22. The van der Waals surface area contributed by atoms with Crippen LogP contribution in [0, 0.1) is 0 Å². The molecule has 2 aromatic carbocycles. The van der Waals surface area contributed by atoms with Gasteiger partial charge in [0.1, 0.15) is 11.3 Å². The van der Waals surface area contributed by atoms with Crippen molar-refractivity contribution in [2.24, 2.45) is 0 Å². The number of ether oxygens (including phenoxy) is 2. The summed E-state index contributed by atoms with van der Waals surface area (Å²) in [5.41, 5.74) is 0.422. The van der Waals surface area contributed by atoms with Crippen LogP contribution in [0.2, 0.25) is 0 Å². The van der Waals surface area contributed by atoms with E-state index in [2.05, 4.69) is 0 Å². The minimum Gasteiger partial charge on any atom is -0.508 e. The summed E-state index contributed by atoms with van der Waals surface area (Å²) in [6.07, 6.45) is 0. The molecule has 0 unspecified atom stereocenters. The van der Waals surface area contributed by atoms with E-state index in [9.17, 15) is 9.90 Å². The lowest BCUT2D eigenvalue weighted by Crippen LogP contribution is -2.03. The Bertz CT molecular complexity index is 863. The van der Waals surface area contributed by atoms with E-state index in [1.54, 1.807) is 12.1 Å². The highest BCUT2D eigenvalue weighted by Gasteiger charge is 2.16. The van der Waals surface area contributed by atoms with Crippen LogP contribution < -0.4 is 14.9 Å². The van der Waals surface area contributed by atoms with Crippen molar-refractivity contribution in [3.63, 3.8) is 0 Å². The lowest BCUT2D eigenvalue weighted by atomic mass is 10.1. The molecule has 3 rings (SSSR count). The smallest absolute Gasteiger partial charge is 0.204 e. The first kappa shape index (κ1) is 12.3. The van der Waals surface area contributed by atoms with Crippen LogP contribution in [0.15, 0.2) is 39.5 Å². The zero-order chi connectivity index (χ0) is 14.3. The van der Waals surface area contributed by atoms with Gasteiger partial charge < -0.3 is 19.0 Å². The van der Waals surface area contributed by atoms with E-state index < -0.39 is 0 Å². The lowest BCUT2D eigenvalue weighted by Gasteiger charge is -2.10. The molecule has 0 aliphatic rings. The SMILES string of the molecule is COc1ccc2c(=O)c3ccc(O)cc3oc2c1OC. The predicted octanol–water partition coefficient (Wildman–Crippen LogP) is 2.67. The van der Waals surface area contributed by atoms with Crippen LogP contribution in [0.5, 0.6) is 17.2 Å². The number of methoxy groups -OCH3 is 2. The maximum atomic E-state index is 12.4. The average Bonchev–Trinajstić information content (AvgIpc) is 2.45. The molecule has 5 nitrogen and oxygen atoms in total. The van der Waals surface area contributed by atoms with Gasteiger partial charge in [0.05, 0.1) is 25.0 Å². The van der Waals surface area contributed by atoms with Gasteiger partial charge in [-0.2, -0.15) is 0 Å². The third-order valence-corrected chi connectivity index (χ3v) is 3.17. The lowest BCUT2D eigenvalue weighted by molar-refractivity contribution is 0.354. The molecule has 5 heteroatoms. The maximum Gasteiger partial charge on any atom is 0.204 e. The van der Waals surface area contributed by atoms with Gasteiger partial charge in [0.2, 0.25) is 11.2 Å². The predicted molar refractivity (Wildman–Crippen MR) is 74.8 cm³/mol. The van der Waals surface area contributed by atoms with Gasteiger partial charge in [-0.3, -0.25) is 4.79 Å². The van der Waals surface area contributed by atoms with Crippen molar-refractivity contribution in [3.05, 3.63) is 40.6 Å². The molecular weight excluding hydrogens is 260 g/mol. The number of fused-ring (bicyclic) bond motifs is 2. The first-order chi connectivity index (χ1) is 9.65. The fraction of sp³-hybridized carbons (Fsp3) is 0.133. The van der Waals surface area contributed by atoms with E-state index in [-0.39, 0.29) is 11.2 Å². The van der Waals surface area contributed by atoms with Crippen molar-refractivity contribution in [1.82, 2.24) is 0 Å². The van der Waals surface area contributed by atoms with E-state index in [1.165, 1.54) is 32.4 Å². The summed E-state index contributed by atoms with van der Waals surface area (Å²) in [5, 5.41) is 10.3. The van der Waals surface area contributed by atoms with Crippen molar-refractivity contribution >= 4 is 21.9 Å². The number of hydrogen-bond acceptors (Lipinski definition) is 5. The Morgan fingerprint density at radius 3 is 2.50 bits per heavy atom. The largest absolute Gasteiger partial charge is 0.508 e. The van der Waals surface area contributed by atoms with Gasteiger partial charge in [-0.05, 0) is 24.3 Å². The molecule has 102 valence electrons. The van der Waals surface area contributed by atoms with E-state index in [0.29, 0.717) is 33.4 Å². The molecule has 0 spiro atoms. The molecule has 0 atom stereocenters. The Balaban J connectivity index is 2.53. The Morgan fingerprint density at radius 1 is 1.05 bits per heavy atom. The zero-order valence-corrected chi connectivity index (χ0v) is 11.0. The van der Waals surface area contributed by atoms with Crippen molar-refractivity contribution in [1.29, 1.82) is 0 Å². The van der Waals surface area contributed by atoms with Crippen molar-refractivity contribution in [3.8, 4) is 17.2 Å². The van der Waals surface area contributed by atoms with Crippen molar-refractivity contribution < 1.29 is 19.0 Å². The molecule has 0 saturated heterocycles. The standard InChI is InChI=1S/C15H12O5/c1-18-11-6-5-10-13(17)9-4-3-8(16)7-12(9)20-14(10)15(11)19-2/h3-7,16H,1-2H3. The highest BCUT2D eigenvalue weighted by molar-refractivity contribution is 5.94. The summed E-state index contributed by atoms with van der Waals surface area (Å²) in [6, 6.07) is 7.67. The molecule has 0 amide bonds. The minimum atomic E-state index is -0.179. The van der Waals surface area contributed by atoms with E-state index in [0.717, 1.165) is 0 Å². The van der Waals surface area contributed by atoms with Crippen LogP contribution in [-0.4, -0.2) is 19.3 Å².